The van der Waals surface area contributed by atoms with Crippen molar-refractivity contribution in [1.29, 1.82) is 0 Å². The molecule has 37 heavy (non-hydrogen) atoms. The number of allylic oxidation sites excluding steroid dienone is 2. The quantitative estimate of drug-likeness (QED) is 0.275. The largest absolute Gasteiger partial charge is 0.478 e. The summed E-state index contributed by atoms with van der Waals surface area (Å²) in [5, 5.41) is 20.7. The van der Waals surface area contributed by atoms with Crippen LogP contribution >= 0.6 is 0 Å². The zero-order valence-corrected chi connectivity index (χ0v) is 21.3. The lowest BCUT2D eigenvalue weighted by Crippen LogP contribution is -2.13. The van der Waals surface area contributed by atoms with Gasteiger partial charge in [-0.05, 0) is 80.3 Å². The van der Waals surface area contributed by atoms with E-state index in [1.54, 1.807) is 37.3 Å². The molecule has 0 saturated carbocycles. The molecule has 1 heterocycles. The number of carboxylic acids is 1. The second kappa shape index (κ2) is 12.5. The van der Waals surface area contributed by atoms with Crippen molar-refractivity contribution in [3.63, 3.8) is 0 Å². The average Bonchev–Trinajstić information content (AvgIpc) is 3.27. The van der Waals surface area contributed by atoms with Gasteiger partial charge in [0.1, 0.15) is 12.1 Å². The molecule has 1 aromatic heterocycles. The first-order valence-electron chi connectivity index (χ1n) is 11.8. The number of nitrogens with one attached hydrogen (secondary N) is 1. The van der Waals surface area contributed by atoms with Gasteiger partial charge in [0.25, 0.3) is 5.91 Å². The zero-order valence-electron chi connectivity index (χ0n) is 21.3. The van der Waals surface area contributed by atoms with E-state index in [-0.39, 0.29) is 18.4 Å². The van der Waals surface area contributed by atoms with Crippen LogP contribution in [0.25, 0.3) is 23.3 Å². The number of fused-ring (bicyclic) bond motifs is 1. The third-order valence-corrected chi connectivity index (χ3v) is 5.52. The molecule has 0 aliphatic carbocycles. The lowest BCUT2D eigenvalue weighted by molar-refractivity contribution is 0.0696. The monoisotopic (exact) mass is 498 g/mol. The Morgan fingerprint density at radius 2 is 1.49 bits per heavy atom. The molecule has 0 aliphatic rings. The van der Waals surface area contributed by atoms with Gasteiger partial charge in [0.15, 0.2) is 5.58 Å². The number of aliphatic hydroxyl groups excluding tert-OH is 1. The summed E-state index contributed by atoms with van der Waals surface area (Å²) in [7, 11) is 0. The van der Waals surface area contributed by atoms with E-state index < -0.39 is 5.97 Å². The number of aromatic nitrogens is 1. The van der Waals surface area contributed by atoms with Crippen LogP contribution in [0.3, 0.4) is 0 Å². The Hall–Kier alpha value is -4.49. The Kier molecular flexibility index (Phi) is 9.13. The van der Waals surface area contributed by atoms with Gasteiger partial charge in [-0.15, -0.1) is 0 Å². The number of rotatable bonds is 6. The first-order valence-corrected chi connectivity index (χ1v) is 11.8. The fourth-order valence-electron chi connectivity index (χ4n) is 3.78. The molecule has 7 nitrogen and oxygen atoms in total. The first kappa shape index (κ1) is 27.1. The summed E-state index contributed by atoms with van der Waals surface area (Å²) < 4.78 is 5.34. The maximum atomic E-state index is 12.5. The maximum absolute atomic E-state index is 12.5. The molecule has 0 radical (unpaired) electrons. The highest BCUT2D eigenvalue weighted by Crippen LogP contribution is 2.21. The number of aromatic carboxylic acids is 1. The molecule has 4 rings (SSSR count). The number of aryl methyl sites for hydroxylation is 2. The molecule has 0 bridgehead atoms. The first-order chi connectivity index (χ1) is 17.7. The van der Waals surface area contributed by atoms with E-state index in [0.29, 0.717) is 27.9 Å². The van der Waals surface area contributed by atoms with Crippen LogP contribution in [0.5, 0.6) is 0 Å². The molecule has 1 amide bonds. The van der Waals surface area contributed by atoms with E-state index in [0.717, 1.165) is 22.3 Å². The Morgan fingerprint density at radius 1 is 0.892 bits per heavy atom. The van der Waals surface area contributed by atoms with Crippen molar-refractivity contribution < 1.29 is 24.2 Å². The van der Waals surface area contributed by atoms with Crippen LogP contribution in [0.1, 0.15) is 62.7 Å². The summed E-state index contributed by atoms with van der Waals surface area (Å²) in [5.74, 6) is -0.793. The van der Waals surface area contributed by atoms with Crippen molar-refractivity contribution in [2.75, 3.05) is 5.32 Å². The topological polar surface area (TPSA) is 113 Å². The SMILES string of the molecule is C/C=C/c1ccc(C(=O)Nc2ccc3oc(CO)nc3c2)c(C)c1.C/C=C/c1ccc(C(=O)O)c(C)c1. The van der Waals surface area contributed by atoms with Crippen LogP contribution in [0, 0.1) is 13.8 Å². The molecular formula is C30H30N2O5. The third-order valence-electron chi connectivity index (χ3n) is 5.52. The number of carbonyl (C=O) groups excluding carboxylic acids is 1. The minimum atomic E-state index is -0.871. The van der Waals surface area contributed by atoms with Crippen molar-refractivity contribution in [2.24, 2.45) is 0 Å². The van der Waals surface area contributed by atoms with Crippen LogP contribution in [0.4, 0.5) is 5.69 Å². The van der Waals surface area contributed by atoms with Crippen LogP contribution in [-0.4, -0.2) is 27.1 Å². The van der Waals surface area contributed by atoms with Crippen molar-refractivity contribution >= 4 is 40.8 Å². The van der Waals surface area contributed by atoms with Gasteiger partial charge in [-0.25, -0.2) is 9.78 Å². The summed E-state index contributed by atoms with van der Waals surface area (Å²) >= 11 is 0. The predicted molar refractivity (Wildman–Crippen MR) is 147 cm³/mol. The molecule has 190 valence electrons. The Morgan fingerprint density at radius 3 is 2.00 bits per heavy atom. The number of amides is 1. The summed E-state index contributed by atoms with van der Waals surface area (Å²) in [5.41, 5.74) is 6.59. The van der Waals surface area contributed by atoms with Crippen molar-refractivity contribution in [2.45, 2.75) is 34.3 Å². The second-order valence-corrected chi connectivity index (χ2v) is 8.36. The predicted octanol–water partition coefficient (Wildman–Crippen LogP) is 6.64. The van der Waals surface area contributed by atoms with Gasteiger partial charge in [0.2, 0.25) is 5.89 Å². The summed E-state index contributed by atoms with van der Waals surface area (Å²) in [6.07, 6.45) is 7.82. The standard InChI is InChI=1S/C19H18N2O3.C11H12O2/c1-3-4-13-5-7-15(12(2)9-13)19(23)20-14-6-8-17-16(10-14)21-18(11-22)24-17;1-3-4-9-5-6-10(11(12)13)8(2)7-9/h3-10,22H,11H2,1-2H3,(H,20,23);3-7H,1-2H3,(H,12,13)/b2*4-3+. The van der Waals surface area contributed by atoms with Gasteiger partial charge >= 0.3 is 5.97 Å². The Bertz CT molecular complexity index is 1480. The van der Waals surface area contributed by atoms with E-state index in [1.165, 1.54) is 0 Å². The normalized spacial score (nSPS) is 11.1. The molecule has 0 unspecified atom stereocenters. The highest BCUT2D eigenvalue weighted by molar-refractivity contribution is 6.06. The highest BCUT2D eigenvalue weighted by atomic mass is 16.4. The molecule has 3 N–H and O–H groups in total. The average molecular weight is 499 g/mol. The highest BCUT2D eigenvalue weighted by Gasteiger charge is 2.11. The number of anilines is 1. The molecular weight excluding hydrogens is 468 g/mol. The number of nitrogens with zero attached hydrogens (tertiary/aromatic N) is 1. The number of hydrogen-bond acceptors (Lipinski definition) is 5. The molecule has 0 spiro atoms. The molecule has 0 fully saturated rings. The van der Waals surface area contributed by atoms with Crippen molar-refractivity contribution in [3.8, 4) is 0 Å². The van der Waals surface area contributed by atoms with Crippen LogP contribution in [0.2, 0.25) is 0 Å². The molecule has 7 heteroatoms. The van der Waals surface area contributed by atoms with Crippen LogP contribution in [-0.2, 0) is 6.61 Å². The number of carboxylic acid groups (broad SMARTS) is 1. The molecule has 4 aromatic rings. The number of oxazole rings is 1. The summed E-state index contributed by atoms with van der Waals surface area (Å²) in [6, 6.07) is 16.2. The smallest absolute Gasteiger partial charge is 0.335 e. The van der Waals surface area contributed by atoms with E-state index in [2.05, 4.69) is 10.3 Å². The summed E-state index contributed by atoms with van der Waals surface area (Å²) in [4.78, 5) is 27.3. The fourth-order valence-corrected chi connectivity index (χ4v) is 3.78. The number of carbonyl (C=O) groups is 2. The van der Waals surface area contributed by atoms with E-state index >= 15 is 0 Å². The van der Waals surface area contributed by atoms with E-state index in [9.17, 15) is 9.59 Å². The van der Waals surface area contributed by atoms with Gasteiger partial charge in [-0.3, -0.25) is 4.79 Å². The molecule has 0 atom stereocenters. The van der Waals surface area contributed by atoms with Crippen molar-refractivity contribution in [1.82, 2.24) is 4.98 Å². The van der Waals surface area contributed by atoms with Gasteiger partial charge in [0, 0.05) is 11.3 Å². The third kappa shape index (κ3) is 7.02. The minimum absolute atomic E-state index is 0.176. The van der Waals surface area contributed by atoms with E-state index in [1.807, 2.05) is 69.3 Å². The number of aliphatic hydroxyl groups is 1. The van der Waals surface area contributed by atoms with Crippen LogP contribution < -0.4 is 5.32 Å². The maximum Gasteiger partial charge on any atom is 0.335 e. The number of benzene rings is 3. The zero-order chi connectivity index (χ0) is 26.9. The molecule has 0 aliphatic heterocycles. The van der Waals surface area contributed by atoms with E-state index in [4.69, 9.17) is 14.6 Å². The lowest BCUT2D eigenvalue weighted by Gasteiger charge is -2.08. The van der Waals surface area contributed by atoms with Crippen molar-refractivity contribution in [3.05, 3.63) is 106 Å². The Labute approximate surface area is 215 Å². The second-order valence-electron chi connectivity index (χ2n) is 8.36. The fraction of sp³-hybridized carbons (Fsp3) is 0.167. The van der Waals surface area contributed by atoms with Gasteiger partial charge in [-0.2, -0.15) is 0 Å². The number of hydrogen-bond donors (Lipinski definition) is 3. The van der Waals surface area contributed by atoms with Gasteiger partial charge in [0.05, 0.1) is 5.56 Å². The molecule has 3 aromatic carbocycles. The van der Waals surface area contributed by atoms with Crippen LogP contribution in [0.15, 0.2) is 71.2 Å². The summed E-state index contributed by atoms with van der Waals surface area (Å²) in [6.45, 7) is 7.35. The minimum Gasteiger partial charge on any atom is -0.478 e. The van der Waals surface area contributed by atoms with Gasteiger partial charge in [-0.1, -0.05) is 48.6 Å². The Balaban J connectivity index is 0.000000248. The molecule has 0 saturated heterocycles. The lowest BCUT2D eigenvalue weighted by atomic mass is 10.0. The van der Waals surface area contributed by atoms with Gasteiger partial charge < -0.3 is 19.9 Å².